The molecule has 24 heavy (non-hydrogen) atoms. The summed E-state index contributed by atoms with van der Waals surface area (Å²) in [5.41, 5.74) is 3.10. The Morgan fingerprint density at radius 1 is 1.12 bits per heavy atom. The number of rotatable bonds is 3. The lowest BCUT2D eigenvalue weighted by molar-refractivity contribution is -0.123. The highest BCUT2D eigenvalue weighted by atomic mass is 32.2. The summed E-state index contributed by atoms with van der Waals surface area (Å²) in [6.07, 6.45) is 0. The lowest BCUT2D eigenvalue weighted by atomic mass is 10.0. The van der Waals surface area contributed by atoms with E-state index in [1.165, 1.54) is 5.56 Å². The monoisotopic (exact) mass is 350 g/mol. The van der Waals surface area contributed by atoms with Crippen LogP contribution in [-0.2, 0) is 14.6 Å². The van der Waals surface area contributed by atoms with Gasteiger partial charge in [0.15, 0.2) is 9.84 Å². The van der Waals surface area contributed by atoms with Gasteiger partial charge in [0, 0.05) is 18.3 Å². The molecule has 2 saturated heterocycles. The van der Waals surface area contributed by atoms with Gasteiger partial charge in [-0.3, -0.25) is 9.69 Å². The van der Waals surface area contributed by atoms with Crippen molar-refractivity contribution in [1.82, 2.24) is 4.90 Å². The van der Waals surface area contributed by atoms with Crippen LogP contribution in [0.2, 0.25) is 0 Å². The summed E-state index contributed by atoms with van der Waals surface area (Å²) in [6.45, 7) is 9.29. The van der Waals surface area contributed by atoms with Crippen molar-refractivity contribution in [3.8, 4) is 0 Å². The maximum absolute atomic E-state index is 12.8. The zero-order valence-electron chi connectivity index (χ0n) is 14.8. The molecule has 0 aliphatic carbocycles. The maximum atomic E-state index is 12.8. The minimum absolute atomic E-state index is 0.00254. The number of piperazine rings is 1. The van der Waals surface area contributed by atoms with Crippen molar-refractivity contribution >= 4 is 21.4 Å². The molecular weight excluding hydrogens is 324 g/mol. The number of aryl methyl sites for hydroxylation is 2. The Morgan fingerprint density at radius 3 is 2.42 bits per heavy atom. The summed E-state index contributed by atoms with van der Waals surface area (Å²) in [5.74, 6) is 0.608. The molecule has 1 aromatic rings. The van der Waals surface area contributed by atoms with Crippen LogP contribution >= 0.6 is 0 Å². The van der Waals surface area contributed by atoms with E-state index in [2.05, 4.69) is 18.7 Å². The number of amides is 1. The molecule has 6 heteroatoms. The Hall–Kier alpha value is -1.40. The standard InChI is InChI=1S/C18H26N2O3S/c1-12(2)8-19-9-18(21)20(15-6-5-13(3)14(4)7-15)17-11-24(22,23)10-16(17)19/h5-7,12,16-17H,8-11H2,1-4H3/t16-,17+/m0/s1. The van der Waals surface area contributed by atoms with Gasteiger partial charge in [0.05, 0.1) is 24.1 Å². The molecule has 2 aliphatic heterocycles. The maximum Gasteiger partial charge on any atom is 0.241 e. The second-order valence-corrected chi connectivity index (χ2v) is 9.72. The van der Waals surface area contributed by atoms with E-state index in [1.54, 1.807) is 4.90 Å². The zero-order chi connectivity index (χ0) is 17.6. The van der Waals surface area contributed by atoms with Gasteiger partial charge in [-0.2, -0.15) is 0 Å². The highest BCUT2D eigenvalue weighted by Crippen LogP contribution is 2.32. The van der Waals surface area contributed by atoms with Crippen LogP contribution in [0.1, 0.15) is 25.0 Å². The molecule has 3 rings (SSSR count). The number of hydrogen-bond acceptors (Lipinski definition) is 4. The van der Waals surface area contributed by atoms with Crippen molar-refractivity contribution in [3.63, 3.8) is 0 Å². The fourth-order valence-corrected chi connectivity index (χ4v) is 5.82. The fraction of sp³-hybridized carbons (Fsp3) is 0.611. The van der Waals surface area contributed by atoms with Crippen LogP contribution in [-0.4, -0.2) is 55.9 Å². The Labute approximate surface area is 144 Å². The quantitative estimate of drug-likeness (QED) is 0.834. The SMILES string of the molecule is Cc1ccc(N2C(=O)CN(CC(C)C)[C@H]3CS(=O)(=O)C[C@H]32)cc1C. The molecule has 0 N–H and O–H groups in total. The zero-order valence-corrected chi connectivity index (χ0v) is 15.6. The molecule has 0 aromatic heterocycles. The first-order valence-electron chi connectivity index (χ1n) is 8.52. The number of carbonyl (C=O) groups excluding carboxylic acids is 1. The van der Waals surface area contributed by atoms with Gasteiger partial charge in [-0.15, -0.1) is 0 Å². The summed E-state index contributed by atoms with van der Waals surface area (Å²) in [5, 5.41) is 0. The molecule has 2 heterocycles. The van der Waals surface area contributed by atoms with E-state index in [4.69, 9.17) is 0 Å². The van der Waals surface area contributed by atoms with Gasteiger partial charge < -0.3 is 4.90 Å². The summed E-state index contributed by atoms with van der Waals surface area (Å²) in [7, 11) is -3.12. The number of fused-ring (bicyclic) bond motifs is 1. The molecule has 0 saturated carbocycles. The molecule has 2 aliphatic rings. The van der Waals surface area contributed by atoms with Crippen LogP contribution in [0.15, 0.2) is 18.2 Å². The Balaban J connectivity index is 1.99. The lowest BCUT2D eigenvalue weighted by Crippen LogP contribution is -2.62. The Kier molecular flexibility index (Phi) is 4.47. The van der Waals surface area contributed by atoms with Gasteiger partial charge in [-0.05, 0) is 43.0 Å². The summed E-state index contributed by atoms with van der Waals surface area (Å²) < 4.78 is 24.5. The van der Waals surface area contributed by atoms with Crippen molar-refractivity contribution < 1.29 is 13.2 Å². The smallest absolute Gasteiger partial charge is 0.241 e. The second-order valence-electron chi connectivity index (χ2n) is 7.57. The van der Waals surface area contributed by atoms with E-state index >= 15 is 0 Å². The van der Waals surface area contributed by atoms with Gasteiger partial charge in [0.25, 0.3) is 0 Å². The molecule has 5 nitrogen and oxygen atoms in total. The van der Waals surface area contributed by atoms with Crippen molar-refractivity contribution in [2.45, 2.75) is 39.8 Å². The van der Waals surface area contributed by atoms with E-state index < -0.39 is 9.84 Å². The third-order valence-corrected chi connectivity index (χ3v) is 6.77. The van der Waals surface area contributed by atoms with E-state index in [-0.39, 0.29) is 29.5 Å². The highest BCUT2D eigenvalue weighted by Gasteiger charge is 2.49. The van der Waals surface area contributed by atoms with Gasteiger partial charge in [-0.1, -0.05) is 19.9 Å². The van der Waals surface area contributed by atoms with Crippen molar-refractivity contribution in [2.24, 2.45) is 5.92 Å². The van der Waals surface area contributed by atoms with Crippen LogP contribution in [0.25, 0.3) is 0 Å². The van der Waals surface area contributed by atoms with Crippen molar-refractivity contribution in [1.29, 1.82) is 0 Å². The van der Waals surface area contributed by atoms with Crippen LogP contribution in [0.3, 0.4) is 0 Å². The number of benzene rings is 1. The predicted octanol–water partition coefficient (Wildman–Crippen LogP) is 1.77. The average molecular weight is 350 g/mol. The fourth-order valence-electron chi connectivity index (χ4n) is 3.84. The van der Waals surface area contributed by atoms with E-state index in [0.717, 1.165) is 17.8 Å². The van der Waals surface area contributed by atoms with Crippen LogP contribution in [0, 0.1) is 19.8 Å². The minimum Gasteiger partial charge on any atom is -0.306 e. The first kappa shape index (κ1) is 17.4. The molecule has 1 aromatic carbocycles. The topological polar surface area (TPSA) is 57.7 Å². The molecule has 0 spiro atoms. The molecule has 0 radical (unpaired) electrons. The van der Waals surface area contributed by atoms with Crippen LogP contribution in [0.5, 0.6) is 0 Å². The summed E-state index contributed by atoms with van der Waals surface area (Å²) in [4.78, 5) is 16.6. The summed E-state index contributed by atoms with van der Waals surface area (Å²) >= 11 is 0. The third-order valence-electron chi connectivity index (χ3n) is 5.07. The number of carbonyl (C=O) groups is 1. The molecule has 132 valence electrons. The third kappa shape index (κ3) is 3.22. The number of sulfone groups is 1. The Bertz CT molecular complexity index is 758. The van der Waals surface area contributed by atoms with Crippen molar-refractivity contribution in [3.05, 3.63) is 29.3 Å². The lowest BCUT2D eigenvalue weighted by Gasteiger charge is -2.44. The summed E-state index contributed by atoms with van der Waals surface area (Å²) in [6, 6.07) is 5.54. The van der Waals surface area contributed by atoms with Crippen molar-refractivity contribution in [2.75, 3.05) is 29.5 Å². The number of anilines is 1. The second kappa shape index (κ2) is 6.15. The van der Waals surface area contributed by atoms with Crippen LogP contribution < -0.4 is 4.90 Å². The molecule has 2 fully saturated rings. The largest absolute Gasteiger partial charge is 0.306 e. The number of hydrogen-bond donors (Lipinski definition) is 0. The van der Waals surface area contributed by atoms with Gasteiger partial charge in [0.2, 0.25) is 5.91 Å². The molecular formula is C18H26N2O3S. The molecule has 2 atom stereocenters. The molecule has 1 amide bonds. The first-order chi connectivity index (χ1) is 11.2. The van der Waals surface area contributed by atoms with Gasteiger partial charge >= 0.3 is 0 Å². The normalized spacial score (nSPS) is 26.9. The van der Waals surface area contributed by atoms with Crippen LogP contribution in [0.4, 0.5) is 5.69 Å². The molecule has 0 unspecified atom stereocenters. The van der Waals surface area contributed by atoms with Gasteiger partial charge in [-0.25, -0.2) is 8.42 Å². The Morgan fingerprint density at radius 2 is 1.79 bits per heavy atom. The highest BCUT2D eigenvalue weighted by molar-refractivity contribution is 7.91. The average Bonchev–Trinajstić information content (AvgIpc) is 2.77. The first-order valence-corrected chi connectivity index (χ1v) is 10.3. The predicted molar refractivity (Wildman–Crippen MR) is 96.0 cm³/mol. The van der Waals surface area contributed by atoms with Gasteiger partial charge in [0.1, 0.15) is 0 Å². The minimum atomic E-state index is -3.12. The van der Waals surface area contributed by atoms with E-state index in [9.17, 15) is 13.2 Å². The van der Waals surface area contributed by atoms with E-state index in [0.29, 0.717) is 12.5 Å². The molecule has 0 bridgehead atoms. The number of nitrogens with zero attached hydrogens (tertiary/aromatic N) is 2. The van der Waals surface area contributed by atoms with E-state index in [1.807, 2.05) is 32.0 Å².